The van der Waals surface area contributed by atoms with Gasteiger partial charge in [-0.1, -0.05) is 18.6 Å². The number of hydrogen-bond acceptors (Lipinski definition) is 4. The van der Waals surface area contributed by atoms with Crippen LogP contribution < -0.4 is 10.1 Å². The van der Waals surface area contributed by atoms with Crippen molar-refractivity contribution >= 4 is 11.9 Å². The summed E-state index contributed by atoms with van der Waals surface area (Å²) in [5, 5.41) is 12.4. The van der Waals surface area contributed by atoms with Crippen molar-refractivity contribution in [2.45, 2.75) is 62.4 Å². The average Bonchev–Trinajstić information content (AvgIpc) is 3.40. The van der Waals surface area contributed by atoms with Gasteiger partial charge >= 0.3 is 5.97 Å². The number of carbonyl (C=O) groups excluding carboxylic acids is 1. The summed E-state index contributed by atoms with van der Waals surface area (Å²) >= 11 is 0. The molecule has 2 N–H and O–H groups in total. The number of carboxylic acids is 1. The highest BCUT2D eigenvalue weighted by Gasteiger charge is 2.47. The smallest absolute Gasteiger partial charge is 0.317 e. The molecule has 3 aliphatic rings. The van der Waals surface area contributed by atoms with Crippen LogP contribution in [0.5, 0.6) is 5.75 Å². The summed E-state index contributed by atoms with van der Waals surface area (Å²) in [6, 6.07) is 8.29. The molecule has 1 aromatic rings. The van der Waals surface area contributed by atoms with Crippen LogP contribution in [0.3, 0.4) is 0 Å². The third-order valence-electron chi connectivity index (χ3n) is 6.78. The molecule has 0 radical (unpaired) electrons. The van der Waals surface area contributed by atoms with Gasteiger partial charge in [-0.25, -0.2) is 0 Å². The molecule has 3 aliphatic carbocycles. The van der Waals surface area contributed by atoms with E-state index in [9.17, 15) is 14.7 Å². The second-order valence-electron chi connectivity index (χ2n) is 8.73. The maximum Gasteiger partial charge on any atom is 0.317 e. The molecule has 0 unspecified atom stereocenters. The molecule has 0 aromatic heterocycles. The molecule has 0 bridgehead atoms. The highest BCUT2D eigenvalue weighted by atomic mass is 16.5. The number of ether oxygens (including phenoxy) is 1. The van der Waals surface area contributed by atoms with Crippen molar-refractivity contribution in [2.75, 3.05) is 20.2 Å². The van der Waals surface area contributed by atoms with Crippen molar-refractivity contribution in [3.05, 3.63) is 29.8 Å². The first kappa shape index (κ1) is 19.2. The zero-order chi connectivity index (χ0) is 19.7. The van der Waals surface area contributed by atoms with E-state index in [-0.39, 0.29) is 24.5 Å². The molecule has 0 aliphatic heterocycles. The third kappa shape index (κ3) is 3.88. The van der Waals surface area contributed by atoms with Gasteiger partial charge in [0.05, 0.1) is 19.1 Å². The molecule has 6 heteroatoms. The molecule has 0 spiro atoms. The van der Waals surface area contributed by atoms with E-state index < -0.39 is 11.4 Å². The molecule has 0 heterocycles. The van der Waals surface area contributed by atoms with Crippen LogP contribution in [0.15, 0.2) is 24.3 Å². The Morgan fingerprint density at radius 3 is 2.39 bits per heavy atom. The molecule has 0 atom stereocenters. The Bertz CT molecular complexity index is 719. The van der Waals surface area contributed by atoms with E-state index in [2.05, 4.69) is 10.2 Å². The number of rotatable bonds is 9. The Labute approximate surface area is 166 Å². The van der Waals surface area contributed by atoms with Gasteiger partial charge < -0.3 is 15.2 Å². The monoisotopic (exact) mass is 386 g/mol. The lowest BCUT2D eigenvalue weighted by Crippen LogP contribution is -2.59. The van der Waals surface area contributed by atoms with Gasteiger partial charge in [0, 0.05) is 18.6 Å². The van der Waals surface area contributed by atoms with Crippen LogP contribution in [0.4, 0.5) is 0 Å². The van der Waals surface area contributed by atoms with Crippen LogP contribution in [0.25, 0.3) is 0 Å². The zero-order valence-electron chi connectivity index (χ0n) is 16.5. The summed E-state index contributed by atoms with van der Waals surface area (Å²) in [5.74, 6) is 0.830. The molecule has 6 nitrogen and oxygen atoms in total. The van der Waals surface area contributed by atoms with Crippen molar-refractivity contribution < 1.29 is 19.4 Å². The van der Waals surface area contributed by atoms with E-state index in [0.29, 0.717) is 5.92 Å². The first-order valence-corrected chi connectivity index (χ1v) is 10.4. The van der Waals surface area contributed by atoms with Gasteiger partial charge in [-0.3, -0.25) is 14.5 Å². The summed E-state index contributed by atoms with van der Waals surface area (Å²) in [7, 11) is 1.64. The fraction of sp³-hybridized carbons (Fsp3) is 0.636. The highest BCUT2D eigenvalue weighted by molar-refractivity contribution is 5.89. The van der Waals surface area contributed by atoms with Crippen molar-refractivity contribution in [1.82, 2.24) is 10.2 Å². The molecule has 3 fully saturated rings. The first-order chi connectivity index (χ1) is 13.5. The second kappa shape index (κ2) is 7.74. The fourth-order valence-corrected chi connectivity index (χ4v) is 4.56. The maximum atomic E-state index is 13.1. The zero-order valence-corrected chi connectivity index (χ0v) is 16.5. The number of nitrogens with one attached hydrogen (secondary N) is 1. The number of carboxylic acid groups (broad SMARTS) is 1. The number of carbonyl (C=O) groups is 2. The number of methoxy groups -OCH3 is 1. The maximum absolute atomic E-state index is 13.1. The fourth-order valence-electron chi connectivity index (χ4n) is 4.56. The van der Waals surface area contributed by atoms with E-state index in [1.165, 1.54) is 12.8 Å². The number of aliphatic carboxylic acids is 1. The molecule has 1 amide bonds. The minimum absolute atomic E-state index is 0.109. The number of benzene rings is 1. The second-order valence-corrected chi connectivity index (χ2v) is 8.73. The molecule has 28 heavy (non-hydrogen) atoms. The van der Waals surface area contributed by atoms with Crippen molar-refractivity contribution in [1.29, 1.82) is 0 Å². The van der Waals surface area contributed by atoms with E-state index in [4.69, 9.17) is 4.74 Å². The lowest BCUT2D eigenvalue weighted by atomic mass is 9.63. The Kier molecular flexibility index (Phi) is 5.32. The normalized spacial score (nSPS) is 25.5. The number of amides is 1. The van der Waals surface area contributed by atoms with Crippen LogP contribution in [-0.4, -0.2) is 54.2 Å². The summed E-state index contributed by atoms with van der Waals surface area (Å²) < 4.78 is 5.23. The first-order valence-electron chi connectivity index (χ1n) is 10.4. The Morgan fingerprint density at radius 2 is 1.89 bits per heavy atom. The van der Waals surface area contributed by atoms with Gasteiger partial charge in [-0.15, -0.1) is 0 Å². The van der Waals surface area contributed by atoms with Crippen LogP contribution in [-0.2, 0) is 15.0 Å². The summed E-state index contributed by atoms with van der Waals surface area (Å²) in [5.41, 5.74) is 0.653. The molecule has 3 saturated carbocycles. The lowest BCUT2D eigenvalue weighted by Gasteiger charge is -2.46. The molecule has 4 rings (SSSR count). The van der Waals surface area contributed by atoms with E-state index in [1.54, 1.807) is 7.11 Å². The van der Waals surface area contributed by atoms with Crippen molar-refractivity contribution in [3.8, 4) is 5.75 Å². The Morgan fingerprint density at radius 1 is 1.21 bits per heavy atom. The molecular weight excluding hydrogens is 356 g/mol. The van der Waals surface area contributed by atoms with Gasteiger partial charge in [-0.2, -0.15) is 0 Å². The van der Waals surface area contributed by atoms with E-state index >= 15 is 0 Å². The standard InChI is InChI=1S/C22H30N2O4/c1-28-19-7-5-16(6-8-19)22(9-2-10-22)21(27)23-17-11-18(12-17)24(14-20(25)26)13-15-3-4-15/h5-8,15,17-18H,2-4,9-14H2,1H3,(H,23,27)(H,25,26). The molecule has 0 saturated heterocycles. The summed E-state index contributed by atoms with van der Waals surface area (Å²) in [6.45, 7) is 0.991. The average molecular weight is 386 g/mol. The molecule has 152 valence electrons. The van der Waals surface area contributed by atoms with Crippen molar-refractivity contribution in [3.63, 3.8) is 0 Å². The van der Waals surface area contributed by atoms with Crippen LogP contribution in [0, 0.1) is 5.92 Å². The SMILES string of the molecule is COc1ccc(C2(C(=O)NC3CC(N(CC(=O)O)CC4CC4)C3)CCC2)cc1. The van der Waals surface area contributed by atoms with E-state index in [1.807, 2.05) is 24.3 Å². The highest BCUT2D eigenvalue weighted by Crippen LogP contribution is 2.45. The van der Waals surface area contributed by atoms with Gasteiger partial charge in [-0.05, 0) is 62.1 Å². The van der Waals surface area contributed by atoms with Gasteiger partial charge in [0.15, 0.2) is 0 Å². The van der Waals surface area contributed by atoms with E-state index in [0.717, 1.165) is 50.0 Å². The predicted molar refractivity (Wildman–Crippen MR) is 105 cm³/mol. The van der Waals surface area contributed by atoms with Gasteiger partial charge in [0.2, 0.25) is 5.91 Å². The van der Waals surface area contributed by atoms with Crippen LogP contribution in [0.1, 0.15) is 50.5 Å². The molecule has 1 aromatic carbocycles. The van der Waals surface area contributed by atoms with Gasteiger partial charge in [0.25, 0.3) is 0 Å². The Hall–Kier alpha value is -2.08. The van der Waals surface area contributed by atoms with Gasteiger partial charge in [0.1, 0.15) is 5.75 Å². The Balaban J connectivity index is 1.34. The predicted octanol–water partition coefficient (Wildman–Crippen LogP) is 2.56. The van der Waals surface area contributed by atoms with Crippen LogP contribution >= 0.6 is 0 Å². The topological polar surface area (TPSA) is 78.9 Å². The van der Waals surface area contributed by atoms with Crippen molar-refractivity contribution in [2.24, 2.45) is 5.92 Å². The lowest BCUT2D eigenvalue weighted by molar-refractivity contribution is -0.140. The minimum atomic E-state index is -0.763. The summed E-state index contributed by atoms with van der Waals surface area (Å²) in [6.07, 6.45) is 6.97. The number of nitrogens with zero attached hydrogens (tertiary/aromatic N) is 1. The molecular formula is C22H30N2O4. The minimum Gasteiger partial charge on any atom is -0.497 e. The largest absolute Gasteiger partial charge is 0.497 e. The number of hydrogen-bond donors (Lipinski definition) is 2. The summed E-state index contributed by atoms with van der Waals surface area (Å²) in [4.78, 5) is 26.4. The quantitative estimate of drug-likeness (QED) is 0.682. The third-order valence-corrected chi connectivity index (χ3v) is 6.78. The van der Waals surface area contributed by atoms with Crippen LogP contribution in [0.2, 0.25) is 0 Å².